The number of nitrogens with zero attached hydrogens (tertiary/aromatic N) is 3. The number of nitriles is 1. The molecule has 2 aromatic heterocycles. The van der Waals surface area contributed by atoms with Crippen LogP contribution in [0.5, 0.6) is 0 Å². The van der Waals surface area contributed by atoms with Crippen LogP contribution >= 0.6 is 11.3 Å². The Morgan fingerprint density at radius 3 is 2.84 bits per heavy atom. The Labute approximate surface area is 115 Å². The zero-order chi connectivity index (χ0) is 14.2. The molecule has 2 aromatic rings. The first kappa shape index (κ1) is 13.6. The molecule has 0 atom stereocenters. The van der Waals surface area contributed by atoms with Crippen molar-refractivity contribution in [2.75, 3.05) is 0 Å². The quantitative estimate of drug-likeness (QED) is 0.791. The third-order valence-corrected chi connectivity index (χ3v) is 3.40. The van der Waals surface area contributed by atoms with Crippen molar-refractivity contribution < 1.29 is 9.53 Å². The highest BCUT2D eigenvalue weighted by atomic mass is 32.1. The second-order valence-corrected chi connectivity index (χ2v) is 6.53. The number of aromatic nitrogens is 2. The predicted octanol–water partition coefficient (Wildman–Crippen LogP) is 2.62. The van der Waals surface area contributed by atoms with Crippen LogP contribution in [0.2, 0.25) is 0 Å². The number of carbonyl (C=O) groups is 1. The molecular weight excluding hydrogens is 262 g/mol. The number of aryl methyl sites for hydroxylation is 1. The van der Waals surface area contributed by atoms with Gasteiger partial charge in [-0.2, -0.15) is 10.4 Å². The number of ether oxygens (including phenoxy) is 1. The van der Waals surface area contributed by atoms with Crippen molar-refractivity contribution in [2.24, 2.45) is 0 Å². The second-order valence-electron chi connectivity index (χ2n) is 5.28. The van der Waals surface area contributed by atoms with Gasteiger partial charge in [-0.25, -0.2) is 0 Å². The first-order valence-corrected chi connectivity index (χ1v) is 6.71. The van der Waals surface area contributed by atoms with Gasteiger partial charge in [-0.15, -0.1) is 11.3 Å². The summed E-state index contributed by atoms with van der Waals surface area (Å²) in [6.07, 6.45) is 0. The minimum atomic E-state index is -0.522. The minimum Gasteiger partial charge on any atom is -0.459 e. The molecule has 6 heteroatoms. The van der Waals surface area contributed by atoms with E-state index in [0.717, 1.165) is 15.1 Å². The van der Waals surface area contributed by atoms with E-state index in [-0.39, 0.29) is 12.5 Å². The molecule has 2 rings (SSSR count). The summed E-state index contributed by atoms with van der Waals surface area (Å²) >= 11 is 1.51. The second kappa shape index (κ2) is 4.67. The summed E-state index contributed by atoms with van der Waals surface area (Å²) in [7, 11) is 0. The Bertz CT molecular complexity index is 670. The molecule has 0 saturated heterocycles. The van der Waals surface area contributed by atoms with Gasteiger partial charge in [0, 0.05) is 4.88 Å². The lowest BCUT2D eigenvalue weighted by molar-refractivity contribution is -0.155. The summed E-state index contributed by atoms with van der Waals surface area (Å²) in [5, 5.41) is 13.2. The van der Waals surface area contributed by atoms with Gasteiger partial charge in [-0.05, 0) is 33.8 Å². The van der Waals surface area contributed by atoms with Gasteiger partial charge in [0.1, 0.15) is 18.2 Å². The topological polar surface area (TPSA) is 67.9 Å². The Kier molecular flexibility index (Phi) is 3.33. The molecule has 0 spiro atoms. The fourth-order valence-electron chi connectivity index (χ4n) is 1.77. The molecule has 0 bridgehead atoms. The maximum Gasteiger partial charge on any atom is 0.328 e. The van der Waals surface area contributed by atoms with Crippen LogP contribution < -0.4 is 0 Å². The molecule has 0 saturated carbocycles. The standard InChI is InChI=1S/C13H15N3O2S/c1-8-5-10-12(19-8)9(6-14)15-16(10)7-11(17)18-13(2,3)4/h5H,7H2,1-4H3. The number of rotatable bonds is 2. The fraction of sp³-hybridized carbons (Fsp3) is 0.462. The highest BCUT2D eigenvalue weighted by Crippen LogP contribution is 2.28. The fourth-order valence-corrected chi connectivity index (χ4v) is 2.72. The van der Waals surface area contributed by atoms with Crippen LogP contribution in [0.25, 0.3) is 10.2 Å². The SMILES string of the molecule is Cc1cc2c(s1)c(C#N)nn2CC(=O)OC(C)(C)C. The molecule has 5 nitrogen and oxygen atoms in total. The molecule has 0 N–H and O–H groups in total. The molecule has 0 amide bonds. The molecule has 100 valence electrons. The number of fused-ring (bicyclic) bond motifs is 1. The van der Waals surface area contributed by atoms with Crippen molar-refractivity contribution in [3.8, 4) is 6.07 Å². The third kappa shape index (κ3) is 2.93. The van der Waals surface area contributed by atoms with E-state index >= 15 is 0 Å². The van der Waals surface area contributed by atoms with E-state index < -0.39 is 5.60 Å². The molecule has 0 aliphatic rings. The van der Waals surface area contributed by atoms with Crippen molar-refractivity contribution in [3.63, 3.8) is 0 Å². The van der Waals surface area contributed by atoms with Crippen molar-refractivity contribution in [2.45, 2.75) is 39.8 Å². The van der Waals surface area contributed by atoms with Gasteiger partial charge in [0.25, 0.3) is 0 Å². The van der Waals surface area contributed by atoms with Gasteiger partial charge in [0.15, 0.2) is 5.69 Å². The average molecular weight is 277 g/mol. The van der Waals surface area contributed by atoms with E-state index in [9.17, 15) is 4.79 Å². The van der Waals surface area contributed by atoms with E-state index in [1.54, 1.807) is 0 Å². The summed E-state index contributed by atoms with van der Waals surface area (Å²) in [6.45, 7) is 7.44. The van der Waals surface area contributed by atoms with Gasteiger partial charge in [-0.1, -0.05) is 0 Å². The summed E-state index contributed by atoms with van der Waals surface area (Å²) in [5.41, 5.74) is 0.646. The van der Waals surface area contributed by atoms with Crippen molar-refractivity contribution >= 4 is 27.5 Å². The van der Waals surface area contributed by atoms with Gasteiger partial charge in [0.05, 0.1) is 10.2 Å². The van der Waals surface area contributed by atoms with E-state index in [1.807, 2.05) is 33.8 Å². The van der Waals surface area contributed by atoms with Crippen molar-refractivity contribution in [3.05, 3.63) is 16.6 Å². The Morgan fingerprint density at radius 1 is 1.58 bits per heavy atom. The first-order chi connectivity index (χ1) is 8.80. The first-order valence-electron chi connectivity index (χ1n) is 5.89. The predicted molar refractivity (Wildman–Crippen MR) is 72.9 cm³/mol. The van der Waals surface area contributed by atoms with E-state index in [0.29, 0.717) is 5.69 Å². The Hall–Kier alpha value is -1.87. The summed E-state index contributed by atoms with van der Waals surface area (Å²) in [6, 6.07) is 3.98. The normalized spacial score (nSPS) is 11.5. The van der Waals surface area contributed by atoms with Gasteiger partial charge in [-0.3, -0.25) is 9.48 Å². The minimum absolute atomic E-state index is 0.0195. The monoisotopic (exact) mass is 277 g/mol. The Morgan fingerprint density at radius 2 is 2.26 bits per heavy atom. The zero-order valence-corrected chi connectivity index (χ0v) is 12.2. The van der Waals surface area contributed by atoms with E-state index in [1.165, 1.54) is 16.0 Å². The van der Waals surface area contributed by atoms with Gasteiger partial charge < -0.3 is 4.74 Å². The third-order valence-electron chi connectivity index (χ3n) is 2.35. The van der Waals surface area contributed by atoms with Crippen molar-refractivity contribution in [1.29, 1.82) is 5.26 Å². The molecule has 0 fully saturated rings. The molecule has 0 aliphatic heterocycles. The summed E-state index contributed by atoms with van der Waals surface area (Å²) in [5.74, 6) is -0.356. The van der Waals surface area contributed by atoms with Crippen LogP contribution in [0.15, 0.2) is 6.07 Å². The number of hydrogen-bond donors (Lipinski definition) is 0. The number of hydrogen-bond acceptors (Lipinski definition) is 5. The van der Waals surface area contributed by atoms with Gasteiger partial charge >= 0.3 is 5.97 Å². The maximum absolute atomic E-state index is 11.8. The van der Waals surface area contributed by atoms with E-state index in [2.05, 4.69) is 11.2 Å². The summed E-state index contributed by atoms with van der Waals surface area (Å²) < 4.78 is 7.62. The lowest BCUT2D eigenvalue weighted by Crippen LogP contribution is -2.26. The largest absolute Gasteiger partial charge is 0.459 e. The molecule has 0 radical (unpaired) electrons. The lowest BCUT2D eigenvalue weighted by Gasteiger charge is -2.19. The maximum atomic E-state index is 11.8. The molecule has 19 heavy (non-hydrogen) atoms. The molecule has 2 heterocycles. The molecule has 0 unspecified atom stereocenters. The number of thiophene rings is 1. The van der Waals surface area contributed by atoms with Crippen LogP contribution in [-0.4, -0.2) is 21.4 Å². The van der Waals surface area contributed by atoms with Gasteiger partial charge in [0.2, 0.25) is 0 Å². The smallest absolute Gasteiger partial charge is 0.328 e. The van der Waals surface area contributed by atoms with Crippen LogP contribution in [0.3, 0.4) is 0 Å². The molecule has 0 aromatic carbocycles. The summed E-state index contributed by atoms with van der Waals surface area (Å²) in [4.78, 5) is 12.9. The Balaban J connectivity index is 2.31. The van der Waals surface area contributed by atoms with Crippen LogP contribution in [0, 0.1) is 18.3 Å². The van der Waals surface area contributed by atoms with Crippen LogP contribution in [-0.2, 0) is 16.1 Å². The molecular formula is C13H15N3O2S. The van der Waals surface area contributed by atoms with Crippen LogP contribution in [0.4, 0.5) is 0 Å². The number of esters is 1. The van der Waals surface area contributed by atoms with E-state index in [4.69, 9.17) is 10.00 Å². The lowest BCUT2D eigenvalue weighted by atomic mass is 10.2. The van der Waals surface area contributed by atoms with Crippen LogP contribution in [0.1, 0.15) is 31.3 Å². The highest BCUT2D eigenvalue weighted by Gasteiger charge is 2.19. The highest BCUT2D eigenvalue weighted by molar-refractivity contribution is 7.19. The van der Waals surface area contributed by atoms with Crippen molar-refractivity contribution in [1.82, 2.24) is 9.78 Å². The zero-order valence-electron chi connectivity index (χ0n) is 11.4. The molecule has 0 aliphatic carbocycles. The average Bonchev–Trinajstić information content (AvgIpc) is 2.75. The number of carbonyl (C=O) groups excluding carboxylic acids is 1.